The highest BCUT2D eigenvalue weighted by Crippen LogP contribution is 2.21. The van der Waals surface area contributed by atoms with E-state index >= 15 is 0 Å². The van der Waals surface area contributed by atoms with E-state index in [9.17, 15) is 12.8 Å². The first-order chi connectivity index (χ1) is 6.79. The molecule has 0 unspecified atom stereocenters. The molecule has 2 N–H and O–H groups in total. The fraction of sp³-hybridized carbons (Fsp3) is 0.333. The van der Waals surface area contributed by atoms with Crippen LogP contribution in [0.25, 0.3) is 0 Å². The van der Waals surface area contributed by atoms with Crippen molar-refractivity contribution in [3.63, 3.8) is 0 Å². The van der Waals surface area contributed by atoms with Gasteiger partial charge >= 0.3 is 0 Å². The first-order valence-electron chi connectivity index (χ1n) is 4.26. The third kappa shape index (κ3) is 3.49. The number of anilines is 1. The molecule has 0 fully saturated rings. The predicted octanol–water partition coefficient (Wildman–Crippen LogP) is 0.680. The molecule has 0 aromatic heterocycles. The van der Waals surface area contributed by atoms with Crippen LogP contribution in [0.2, 0.25) is 0 Å². The minimum absolute atomic E-state index is 0.291. The number of nitrogens with zero attached hydrogens (tertiary/aromatic N) is 1. The van der Waals surface area contributed by atoms with Gasteiger partial charge in [0.2, 0.25) is 10.0 Å². The smallest absolute Gasteiger partial charge is 0.213 e. The van der Waals surface area contributed by atoms with Crippen LogP contribution >= 0.6 is 0 Å². The molecule has 1 aromatic carbocycles. The Hall–Kier alpha value is -1.14. The van der Waals surface area contributed by atoms with Gasteiger partial charge in [-0.15, -0.1) is 0 Å². The van der Waals surface area contributed by atoms with Crippen molar-refractivity contribution in [3.8, 4) is 0 Å². The van der Waals surface area contributed by atoms with Gasteiger partial charge in [0.25, 0.3) is 0 Å². The van der Waals surface area contributed by atoms with E-state index in [1.807, 2.05) is 0 Å². The van der Waals surface area contributed by atoms with Gasteiger partial charge in [0.05, 0.1) is 5.75 Å². The molecule has 0 atom stereocenters. The average Bonchev–Trinajstić information content (AvgIpc) is 2.05. The molecule has 0 amide bonds. The van der Waals surface area contributed by atoms with E-state index in [0.29, 0.717) is 11.3 Å². The Morgan fingerprint density at radius 3 is 2.47 bits per heavy atom. The van der Waals surface area contributed by atoms with E-state index < -0.39 is 15.8 Å². The Bertz CT molecular complexity index is 457. The summed E-state index contributed by atoms with van der Waals surface area (Å²) in [7, 11) is -0.176. The highest BCUT2D eigenvalue weighted by Gasteiger charge is 2.11. The predicted molar refractivity (Wildman–Crippen MR) is 57.5 cm³/mol. The van der Waals surface area contributed by atoms with Crippen LogP contribution < -0.4 is 10.0 Å². The zero-order chi connectivity index (χ0) is 11.6. The Morgan fingerprint density at radius 2 is 2.00 bits per heavy atom. The van der Waals surface area contributed by atoms with Crippen LogP contribution in [0.4, 0.5) is 10.1 Å². The molecule has 6 heteroatoms. The van der Waals surface area contributed by atoms with Crippen molar-refractivity contribution < 1.29 is 12.8 Å². The van der Waals surface area contributed by atoms with Gasteiger partial charge in [-0.2, -0.15) is 0 Å². The van der Waals surface area contributed by atoms with Crippen LogP contribution in [0, 0.1) is 5.82 Å². The second-order valence-corrected chi connectivity index (χ2v) is 5.09. The largest absolute Gasteiger partial charge is 0.377 e. The van der Waals surface area contributed by atoms with Crippen molar-refractivity contribution in [1.29, 1.82) is 0 Å². The average molecular weight is 232 g/mol. The molecular weight excluding hydrogens is 219 g/mol. The molecule has 0 radical (unpaired) electrons. The van der Waals surface area contributed by atoms with Gasteiger partial charge in [-0.1, -0.05) is 6.07 Å². The number of halogens is 1. The monoisotopic (exact) mass is 232 g/mol. The summed E-state index contributed by atoms with van der Waals surface area (Å²) in [6.07, 6.45) is 0. The third-order valence-corrected chi connectivity index (χ3v) is 2.60. The zero-order valence-electron chi connectivity index (χ0n) is 8.57. The quantitative estimate of drug-likeness (QED) is 0.833. The molecule has 1 aromatic rings. The highest BCUT2D eigenvalue weighted by molar-refractivity contribution is 7.88. The number of hydrogen-bond acceptors (Lipinski definition) is 3. The number of sulfonamides is 1. The molecule has 0 bridgehead atoms. The fourth-order valence-corrected chi connectivity index (χ4v) is 1.97. The molecule has 84 valence electrons. The van der Waals surface area contributed by atoms with E-state index in [-0.39, 0.29) is 5.75 Å². The van der Waals surface area contributed by atoms with Crippen molar-refractivity contribution in [2.24, 2.45) is 5.14 Å². The molecule has 0 saturated heterocycles. The maximum Gasteiger partial charge on any atom is 0.213 e. The summed E-state index contributed by atoms with van der Waals surface area (Å²) in [6.45, 7) is 0. The second kappa shape index (κ2) is 4.16. The topological polar surface area (TPSA) is 63.4 Å². The normalized spacial score (nSPS) is 11.5. The van der Waals surface area contributed by atoms with Gasteiger partial charge < -0.3 is 4.90 Å². The number of rotatable bonds is 3. The van der Waals surface area contributed by atoms with Crippen LogP contribution in [0.3, 0.4) is 0 Å². The molecule has 1 rings (SSSR count). The molecular formula is C9H13FN2O2S. The van der Waals surface area contributed by atoms with Crippen LogP contribution in [-0.4, -0.2) is 22.5 Å². The molecule has 0 saturated carbocycles. The molecule has 0 aliphatic heterocycles. The second-order valence-electron chi connectivity index (χ2n) is 3.47. The van der Waals surface area contributed by atoms with Crippen molar-refractivity contribution in [3.05, 3.63) is 29.6 Å². The number of benzene rings is 1. The van der Waals surface area contributed by atoms with Crippen molar-refractivity contribution >= 4 is 15.7 Å². The van der Waals surface area contributed by atoms with Gasteiger partial charge in [-0.05, 0) is 17.7 Å². The SMILES string of the molecule is CN(C)c1cc(F)ccc1CS(N)(=O)=O. The summed E-state index contributed by atoms with van der Waals surface area (Å²) in [5.41, 5.74) is 1.01. The van der Waals surface area contributed by atoms with Gasteiger partial charge in [-0.3, -0.25) is 0 Å². The van der Waals surface area contributed by atoms with Crippen molar-refractivity contribution in [2.45, 2.75) is 5.75 Å². The first kappa shape index (κ1) is 11.9. The lowest BCUT2D eigenvalue weighted by Crippen LogP contribution is -2.18. The van der Waals surface area contributed by atoms with E-state index in [4.69, 9.17) is 5.14 Å². The van der Waals surface area contributed by atoms with E-state index in [2.05, 4.69) is 0 Å². The van der Waals surface area contributed by atoms with Crippen LogP contribution in [0.5, 0.6) is 0 Å². The molecule has 0 spiro atoms. The van der Waals surface area contributed by atoms with E-state index in [1.165, 1.54) is 18.2 Å². The maximum atomic E-state index is 12.9. The molecule has 0 aliphatic rings. The summed E-state index contributed by atoms with van der Waals surface area (Å²) >= 11 is 0. The summed E-state index contributed by atoms with van der Waals surface area (Å²) < 4.78 is 34.8. The Labute approximate surface area is 88.6 Å². The Kier molecular flexibility index (Phi) is 3.31. The standard InChI is InChI=1S/C9H13FN2O2S/c1-12(2)9-5-8(10)4-3-7(9)6-15(11,13)14/h3-5H,6H2,1-2H3,(H2,11,13,14). The number of hydrogen-bond donors (Lipinski definition) is 1. The summed E-state index contributed by atoms with van der Waals surface area (Å²) in [5, 5.41) is 4.93. The molecule has 15 heavy (non-hydrogen) atoms. The third-order valence-electron chi connectivity index (χ3n) is 1.89. The van der Waals surface area contributed by atoms with Gasteiger partial charge in [0, 0.05) is 19.8 Å². The van der Waals surface area contributed by atoms with Gasteiger partial charge in [0.15, 0.2) is 0 Å². The zero-order valence-corrected chi connectivity index (χ0v) is 9.38. The summed E-state index contributed by atoms with van der Waals surface area (Å²) in [5.74, 6) is -0.697. The molecule has 0 aliphatic carbocycles. The fourth-order valence-electron chi connectivity index (χ4n) is 1.29. The van der Waals surface area contributed by atoms with Crippen LogP contribution in [0.15, 0.2) is 18.2 Å². The Balaban J connectivity index is 3.18. The summed E-state index contributed by atoms with van der Waals surface area (Å²) in [6, 6.07) is 3.92. The molecule has 4 nitrogen and oxygen atoms in total. The van der Waals surface area contributed by atoms with Crippen LogP contribution in [0.1, 0.15) is 5.56 Å². The summed E-state index contributed by atoms with van der Waals surface area (Å²) in [4.78, 5) is 1.64. The minimum Gasteiger partial charge on any atom is -0.377 e. The van der Waals surface area contributed by atoms with Gasteiger partial charge in [0.1, 0.15) is 5.82 Å². The number of nitrogens with two attached hydrogens (primary N) is 1. The lowest BCUT2D eigenvalue weighted by molar-refractivity contribution is 0.596. The number of primary sulfonamides is 1. The van der Waals surface area contributed by atoms with E-state index in [0.717, 1.165) is 0 Å². The lowest BCUT2D eigenvalue weighted by atomic mass is 10.2. The highest BCUT2D eigenvalue weighted by atomic mass is 32.2. The van der Waals surface area contributed by atoms with Crippen LogP contribution in [-0.2, 0) is 15.8 Å². The van der Waals surface area contributed by atoms with Gasteiger partial charge in [-0.25, -0.2) is 17.9 Å². The first-order valence-corrected chi connectivity index (χ1v) is 5.97. The minimum atomic E-state index is -3.60. The lowest BCUT2D eigenvalue weighted by Gasteiger charge is -2.16. The van der Waals surface area contributed by atoms with E-state index in [1.54, 1.807) is 19.0 Å². The van der Waals surface area contributed by atoms with Crippen molar-refractivity contribution in [1.82, 2.24) is 0 Å². The molecule has 0 heterocycles. The van der Waals surface area contributed by atoms with Crippen molar-refractivity contribution in [2.75, 3.05) is 19.0 Å². The maximum absolute atomic E-state index is 12.9. The Morgan fingerprint density at radius 1 is 1.40 bits per heavy atom.